The molecule has 134 valence electrons. The summed E-state index contributed by atoms with van der Waals surface area (Å²) in [4.78, 5) is 23.4. The zero-order valence-corrected chi connectivity index (χ0v) is 15.5. The van der Waals surface area contributed by atoms with E-state index in [1.165, 1.54) is 7.11 Å². The van der Waals surface area contributed by atoms with Gasteiger partial charge in [-0.05, 0) is 37.1 Å². The first-order valence-corrected chi connectivity index (χ1v) is 8.69. The number of rotatable bonds is 8. The molecule has 0 fully saturated rings. The van der Waals surface area contributed by atoms with Gasteiger partial charge in [-0.3, -0.25) is 4.79 Å². The van der Waals surface area contributed by atoms with Crippen molar-refractivity contribution in [3.8, 4) is 5.75 Å². The quantitative estimate of drug-likeness (QED) is 0.768. The molecule has 25 heavy (non-hydrogen) atoms. The van der Waals surface area contributed by atoms with Gasteiger partial charge in [-0.25, -0.2) is 9.97 Å². The molecule has 0 unspecified atom stereocenters. The van der Waals surface area contributed by atoms with Crippen molar-refractivity contribution >= 4 is 29.1 Å². The van der Waals surface area contributed by atoms with Crippen molar-refractivity contribution in [2.45, 2.75) is 26.7 Å². The van der Waals surface area contributed by atoms with Crippen molar-refractivity contribution in [3.63, 3.8) is 0 Å². The van der Waals surface area contributed by atoms with Crippen molar-refractivity contribution < 1.29 is 9.53 Å². The molecule has 1 aromatic carbocycles. The molecule has 0 atom stereocenters. The molecular weight excluding hydrogens is 340 g/mol. The van der Waals surface area contributed by atoms with Crippen LogP contribution in [0.1, 0.15) is 37.2 Å². The topological polar surface area (TPSA) is 67.4 Å². The second kappa shape index (κ2) is 9.22. The van der Waals surface area contributed by atoms with E-state index in [0.29, 0.717) is 28.1 Å². The Morgan fingerprint density at radius 1 is 1.24 bits per heavy atom. The largest absolute Gasteiger partial charge is 0.495 e. The fourth-order valence-electron chi connectivity index (χ4n) is 2.44. The number of hydrogen-bond donors (Lipinski definition) is 1. The second-order valence-corrected chi connectivity index (χ2v) is 5.96. The monoisotopic (exact) mass is 362 g/mol. The van der Waals surface area contributed by atoms with Gasteiger partial charge in [0.05, 0.1) is 12.8 Å². The average molecular weight is 363 g/mol. The van der Waals surface area contributed by atoms with Crippen molar-refractivity contribution in [2.24, 2.45) is 0 Å². The van der Waals surface area contributed by atoms with E-state index >= 15 is 0 Å². The number of nitrogens with one attached hydrogen (secondary N) is 1. The second-order valence-electron chi connectivity index (χ2n) is 5.53. The van der Waals surface area contributed by atoms with E-state index in [9.17, 15) is 4.79 Å². The maximum atomic E-state index is 12.6. The normalized spacial score (nSPS) is 10.4. The van der Waals surface area contributed by atoms with Gasteiger partial charge in [0.15, 0.2) is 0 Å². The highest BCUT2D eigenvalue weighted by atomic mass is 35.5. The SMILES string of the molecule is CCCN(CCC)c1nccc(C(=O)Nc2cc(Cl)ccc2OC)n1. The van der Waals surface area contributed by atoms with Crippen LogP contribution in [-0.4, -0.2) is 36.1 Å². The summed E-state index contributed by atoms with van der Waals surface area (Å²) in [5.41, 5.74) is 0.795. The average Bonchev–Trinajstić information content (AvgIpc) is 2.62. The van der Waals surface area contributed by atoms with Gasteiger partial charge in [-0.15, -0.1) is 0 Å². The van der Waals surface area contributed by atoms with Gasteiger partial charge in [-0.2, -0.15) is 0 Å². The third-order valence-corrected chi connectivity index (χ3v) is 3.79. The first-order valence-electron chi connectivity index (χ1n) is 8.31. The fraction of sp³-hybridized carbons (Fsp3) is 0.389. The summed E-state index contributed by atoms with van der Waals surface area (Å²) >= 11 is 6.00. The number of anilines is 2. The molecule has 0 bridgehead atoms. The van der Waals surface area contributed by atoms with Gasteiger partial charge in [0.25, 0.3) is 5.91 Å². The van der Waals surface area contributed by atoms with E-state index in [1.807, 2.05) is 0 Å². The minimum absolute atomic E-state index is 0.296. The smallest absolute Gasteiger partial charge is 0.274 e. The Labute approximate surface area is 153 Å². The molecule has 1 N–H and O–H groups in total. The Morgan fingerprint density at radius 3 is 2.60 bits per heavy atom. The molecular formula is C18H23ClN4O2. The number of benzene rings is 1. The molecule has 2 rings (SSSR count). The van der Waals surface area contributed by atoms with Crippen LogP contribution in [-0.2, 0) is 0 Å². The first-order chi connectivity index (χ1) is 12.1. The zero-order chi connectivity index (χ0) is 18.2. The van der Waals surface area contributed by atoms with Gasteiger partial charge < -0.3 is 15.0 Å². The van der Waals surface area contributed by atoms with Crippen LogP contribution in [0, 0.1) is 0 Å². The summed E-state index contributed by atoms with van der Waals surface area (Å²) < 4.78 is 5.25. The van der Waals surface area contributed by atoms with Crippen molar-refractivity contribution in [1.29, 1.82) is 0 Å². The molecule has 1 aromatic heterocycles. The molecule has 0 radical (unpaired) electrons. The fourth-order valence-corrected chi connectivity index (χ4v) is 2.62. The highest BCUT2D eigenvalue weighted by Gasteiger charge is 2.15. The standard InChI is InChI=1S/C18H23ClN4O2/c1-4-10-23(11-5-2)18-20-9-8-14(22-18)17(24)21-15-12-13(19)6-7-16(15)25-3/h6-9,12H,4-5,10-11H2,1-3H3,(H,21,24). The number of nitrogens with zero attached hydrogens (tertiary/aromatic N) is 3. The molecule has 7 heteroatoms. The maximum absolute atomic E-state index is 12.6. The lowest BCUT2D eigenvalue weighted by molar-refractivity contribution is 0.102. The molecule has 2 aromatic rings. The lowest BCUT2D eigenvalue weighted by Crippen LogP contribution is -2.27. The van der Waals surface area contributed by atoms with Crippen LogP contribution < -0.4 is 15.0 Å². The van der Waals surface area contributed by atoms with Crippen molar-refractivity contribution in [1.82, 2.24) is 9.97 Å². The lowest BCUT2D eigenvalue weighted by atomic mass is 10.2. The summed E-state index contributed by atoms with van der Waals surface area (Å²) in [6, 6.07) is 6.63. The molecule has 6 nitrogen and oxygen atoms in total. The molecule has 0 aliphatic rings. The van der Waals surface area contributed by atoms with E-state index in [2.05, 4.69) is 34.0 Å². The third kappa shape index (κ3) is 5.06. The number of halogens is 1. The summed E-state index contributed by atoms with van der Waals surface area (Å²) in [6.07, 6.45) is 3.57. The molecule has 0 aliphatic heterocycles. The minimum Gasteiger partial charge on any atom is -0.495 e. The molecule has 0 saturated carbocycles. The van der Waals surface area contributed by atoms with Crippen LogP contribution >= 0.6 is 11.6 Å². The Balaban J connectivity index is 2.22. The van der Waals surface area contributed by atoms with E-state index in [4.69, 9.17) is 16.3 Å². The van der Waals surface area contributed by atoms with Crippen LogP contribution in [0.15, 0.2) is 30.5 Å². The van der Waals surface area contributed by atoms with Gasteiger partial charge in [0, 0.05) is 24.3 Å². The van der Waals surface area contributed by atoms with E-state index in [-0.39, 0.29) is 5.91 Å². The third-order valence-electron chi connectivity index (χ3n) is 3.56. The Kier molecular flexibility index (Phi) is 7.01. The van der Waals surface area contributed by atoms with Crippen LogP contribution in [0.3, 0.4) is 0 Å². The number of carbonyl (C=O) groups is 1. The molecule has 0 saturated heterocycles. The van der Waals surface area contributed by atoms with E-state index in [1.54, 1.807) is 30.5 Å². The minimum atomic E-state index is -0.336. The number of carbonyl (C=O) groups excluding carboxylic acids is 1. The van der Waals surface area contributed by atoms with Crippen LogP contribution in [0.4, 0.5) is 11.6 Å². The summed E-state index contributed by atoms with van der Waals surface area (Å²) in [7, 11) is 1.54. The number of ether oxygens (including phenoxy) is 1. The lowest BCUT2D eigenvalue weighted by Gasteiger charge is -2.21. The Hall–Kier alpha value is -2.34. The van der Waals surface area contributed by atoms with Crippen molar-refractivity contribution in [2.75, 3.05) is 30.4 Å². The van der Waals surface area contributed by atoms with Gasteiger partial charge in [0.1, 0.15) is 11.4 Å². The summed E-state index contributed by atoms with van der Waals surface area (Å²) in [5.74, 6) is 0.761. The zero-order valence-electron chi connectivity index (χ0n) is 14.8. The maximum Gasteiger partial charge on any atom is 0.274 e. The Morgan fingerprint density at radius 2 is 1.96 bits per heavy atom. The summed E-state index contributed by atoms with van der Waals surface area (Å²) in [5, 5.41) is 3.30. The van der Waals surface area contributed by atoms with Crippen LogP contribution in [0.2, 0.25) is 5.02 Å². The molecule has 1 heterocycles. The molecule has 0 spiro atoms. The number of methoxy groups -OCH3 is 1. The molecule has 0 aliphatic carbocycles. The van der Waals surface area contributed by atoms with Gasteiger partial charge >= 0.3 is 0 Å². The Bertz CT molecular complexity index is 718. The van der Waals surface area contributed by atoms with Gasteiger partial charge in [-0.1, -0.05) is 25.4 Å². The van der Waals surface area contributed by atoms with E-state index in [0.717, 1.165) is 25.9 Å². The number of amides is 1. The predicted molar refractivity (Wildman–Crippen MR) is 101 cm³/mol. The van der Waals surface area contributed by atoms with Crippen molar-refractivity contribution in [3.05, 3.63) is 41.2 Å². The van der Waals surface area contributed by atoms with E-state index < -0.39 is 0 Å². The molecule has 1 amide bonds. The number of hydrogen-bond acceptors (Lipinski definition) is 5. The first kappa shape index (κ1) is 19.0. The van der Waals surface area contributed by atoms with Crippen LogP contribution in [0.25, 0.3) is 0 Å². The van der Waals surface area contributed by atoms with Gasteiger partial charge in [0.2, 0.25) is 5.95 Å². The predicted octanol–water partition coefficient (Wildman–Crippen LogP) is 4.02. The highest BCUT2D eigenvalue weighted by molar-refractivity contribution is 6.31. The summed E-state index contributed by atoms with van der Waals surface area (Å²) in [6.45, 7) is 5.90. The van der Waals surface area contributed by atoms with Crippen LogP contribution in [0.5, 0.6) is 5.75 Å². The highest BCUT2D eigenvalue weighted by Crippen LogP contribution is 2.28. The number of aromatic nitrogens is 2.